The highest BCUT2D eigenvalue weighted by atomic mass is 35.5. The number of halogens is 2. The topological polar surface area (TPSA) is 21.3 Å². The van der Waals surface area contributed by atoms with Gasteiger partial charge in [0.2, 0.25) is 0 Å². The molecule has 0 amide bonds. The van der Waals surface area contributed by atoms with Crippen LogP contribution in [0.4, 0.5) is 0 Å². The maximum Gasteiger partial charge on any atom is 0.139 e. The molecule has 4 heteroatoms. The summed E-state index contributed by atoms with van der Waals surface area (Å²) in [4.78, 5) is 0. The number of nitrogens with one attached hydrogen (secondary N) is 1. The van der Waals surface area contributed by atoms with Gasteiger partial charge in [-0.3, -0.25) is 0 Å². The van der Waals surface area contributed by atoms with E-state index in [0.717, 1.165) is 12.1 Å². The monoisotopic (exact) mass is 245 g/mol. The molecule has 0 bridgehead atoms. The summed E-state index contributed by atoms with van der Waals surface area (Å²) in [5.41, 5.74) is 1.06. The van der Waals surface area contributed by atoms with Crippen molar-refractivity contribution >= 4 is 23.2 Å². The molecule has 1 aromatic carbocycles. The summed E-state index contributed by atoms with van der Waals surface area (Å²) in [7, 11) is 1.58. The fraction of sp³-hybridized carbons (Fsp3) is 0.455. The van der Waals surface area contributed by atoms with Crippen molar-refractivity contribution in [1.82, 2.24) is 5.32 Å². The quantitative estimate of drug-likeness (QED) is 0.864. The molecule has 0 spiro atoms. The van der Waals surface area contributed by atoms with Crippen molar-refractivity contribution in [3.63, 3.8) is 0 Å². The fourth-order valence-electron chi connectivity index (χ4n) is 1.83. The molecule has 1 heterocycles. The third-order valence-electron chi connectivity index (χ3n) is 2.86. The van der Waals surface area contributed by atoms with E-state index in [0.29, 0.717) is 27.8 Å². The zero-order valence-electron chi connectivity index (χ0n) is 8.68. The lowest BCUT2D eigenvalue weighted by Gasteiger charge is -2.36. The van der Waals surface area contributed by atoms with Gasteiger partial charge in [0.1, 0.15) is 10.8 Å². The highest BCUT2D eigenvalue weighted by molar-refractivity contribution is 6.43. The Balaban J connectivity index is 2.37. The zero-order valence-corrected chi connectivity index (χ0v) is 10.2. The molecule has 2 nitrogen and oxygen atoms in total. The normalized spacial score (nSPS) is 24.8. The Labute approximate surface area is 99.5 Å². The molecule has 2 unspecified atom stereocenters. The Bertz CT molecular complexity index is 381. The van der Waals surface area contributed by atoms with Crippen molar-refractivity contribution in [2.75, 3.05) is 13.7 Å². The Morgan fingerprint density at radius 3 is 2.53 bits per heavy atom. The van der Waals surface area contributed by atoms with Crippen LogP contribution in [0.5, 0.6) is 5.75 Å². The summed E-state index contributed by atoms with van der Waals surface area (Å²) < 4.78 is 5.10. The van der Waals surface area contributed by atoms with Crippen molar-refractivity contribution in [3.05, 3.63) is 27.7 Å². The molecule has 0 aromatic heterocycles. The van der Waals surface area contributed by atoms with Gasteiger partial charge in [0.25, 0.3) is 0 Å². The Morgan fingerprint density at radius 2 is 2.07 bits per heavy atom. The van der Waals surface area contributed by atoms with Crippen LogP contribution in [0.3, 0.4) is 0 Å². The molecule has 1 aliphatic rings. The number of hydrogen-bond acceptors (Lipinski definition) is 2. The van der Waals surface area contributed by atoms with Gasteiger partial charge in [0.05, 0.1) is 12.1 Å². The SMILES string of the molecule is COc1ccc(C2NCC2C)c(Cl)c1Cl. The van der Waals surface area contributed by atoms with E-state index in [9.17, 15) is 0 Å². The molecular formula is C11H13Cl2NO. The maximum absolute atomic E-state index is 6.20. The van der Waals surface area contributed by atoms with Crippen LogP contribution in [0, 0.1) is 5.92 Å². The van der Waals surface area contributed by atoms with Crippen LogP contribution in [0.25, 0.3) is 0 Å². The lowest BCUT2D eigenvalue weighted by molar-refractivity contribution is 0.258. The minimum atomic E-state index is 0.320. The fourth-order valence-corrected chi connectivity index (χ4v) is 2.36. The van der Waals surface area contributed by atoms with Gasteiger partial charge in [-0.05, 0) is 17.5 Å². The Morgan fingerprint density at radius 1 is 1.33 bits per heavy atom. The van der Waals surface area contributed by atoms with E-state index in [1.54, 1.807) is 7.11 Å². The first kappa shape index (κ1) is 11.1. The molecule has 2 atom stereocenters. The molecule has 1 fully saturated rings. The Kier molecular flexibility index (Phi) is 3.10. The molecule has 1 saturated heterocycles. The highest BCUT2D eigenvalue weighted by Crippen LogP contribution is 2.40. The van der Waals surface area contributed by atoms with Gasteiger partial charge in [0.15, 0.2) is 0 Å². The second kappa shape index (κ2) is 4.20. The summed E-state index contributed by atoms with van der Waals surface area (Å²) in [6.45, 7) is 3.22. The van der Waals surface area contributed by atoms with E-state index < -0.39 is 0 Å². The van der Waals surface area contributed by atoms with E-state index in [2.05, 4.69) is 12.2 Å². The lowest BCUT2D eigenvalue weighted by Crippen LogP contribution is -2.44. The summed E-state index contributed by atoms with van der Waals surface area (Å²) in [6.07, 6.45) is 0. The smallest absolute Gasteiger partial charge is 0.139 e. The molecule has 0 saturated carbocycles. The van der Waals surface area contributed by atoms with E-state index >= 15 is 0 Å². The molecule has 2 rings (SSSR count). The molecule has 1 N–H and O–H groups in total. The van der Waals surface area contributed by atoms with Crippen molar-refractivity contribution < 1.29 is 4.74 Å². The van der Waals surface area contributed by atoms with Crippen LogP contribution in [0.15, 0.2) is 12.1 Å². The molecule has 1 aliphatic heterocycles. The lowest BCUT2D eigenvalue weighted by atomic mass is 9.87. The van der Waals surface area contributed by atoms with E-state index in [1.165, 1.54) is 0 Å². The van der Waals surface area contributed by atoms with Gasteiger partial charge in [0, 0.05) is 12.6 Å². The largest absolute Gasteiger partial charge is 0.495 e. The summed E-state index contributed by atoms with van der Waals surface area (Å²) >= 11 is 12.3. The first-order valence-corrected chi connectivity index (χ1v) is 5.66. The van der Waals surface area contributed by atoms with Crippen LogP contribution in [0.1, 0.15) is 18.5 Å². The molecule has 15 heavy (non-hydrogen) atoms. The second-order valence-corrected chi connectivity index (χ2v) is 4.60. The van der Waals surface area contributed by atoms with Crippen molar-refractivity contribution in [2.45, 2.75) is 13.0 Å². The predicted octanol–water partition coefficient (Wildman–Crippen LogP) is 3.28. The van der Waals surface area contributed by atoms with Crippen LogP contribution < -0.4 is 10.1 Å². The molecule has 0 aliphatic carbocycles. The third-order valence-corrected chi connectivity index (χ3v) is 3.74. The Hall–Kier alpha value is -0.440. The summed E-state index contributed by atoms with van der Waals surface area (Å²) in [5, 5.41) is 4.43. The molecule has 0 radical (unpaired) electrons. The van der Waals surface area contributed by atoms with E-state index in [-0.39, 0.29) is 0 Å². The number of rotatable bonds is 2. The van der Waals surface area contributed by atoms with Gasteiger partial charge in [-0.25, -0.2) is 0 Å². The second-order valence-electron chi connectivity index (χ2n) is 3.85. The number of benzene rings is 1. The number of hydrogen-bond donors (Lipinski definition) is 1. The van der Waals surface area contributed by atoms with Gasteiger partial charge in [-0.1, -0.05) is 36.2 Å². The summed E-state index contributed by atoms with van der Waals surface area (Å²) in [6, 6.07) is 4.15. The minimum Gasteiger partial charge on any atom is -0.495 e. The molecular weight excluding hydrogens is 233 g/mol. The first-order chi connectivity index (χ1) is 7.15. The zero-order chi connectivity index (χ0) is 11.0. The maximum atomic E-state index is 6.20. The predicted molar refractivity (Wildman–Crippen MR) is 62.9 cm³/mol. The van der Waals surface area contributed by atoms with Crippen molar-refractivity contribution in [3.8, 4) is 5.75 Å². The van der Waals surface area contributed by atoms with Crippen LogP contribution in [-0.4, -0.2) is 13.7 Å². The van der Waals surface area contributed by atoms with Gasteiger partial charge < -0.3 is 10.1 Å². The van der Waals surface area contributed by atoms with Gasteiger partial charge >= 0.3 is 0 Å². The van der Waals surface area contributed by atoms with Crippen molar-refractivity contribution in [2.24, 2.45) is 5.92 Å². The van der Waals surface area contributed by atoms with E-state index in [4.69, 9.17) is 27.9 Å². The average molecular weight is 246 g/mol. The van der Waals surface area contributed by atoms with Crippen LogP contribution in [0.2, 0.25) is 10.0 Å². The van der Waals surface area contributed by atoms with E-state index in [1.807, 2.05) is 12.1 Å². The standard InChI is InChI=1S/C11H13Cl2NO/c1-6-5-14-11(6)7-3-4-8(15-2)10(13)9(7)12/h3-4,6,11,14H,5H2,1-2H3. The number of ether oxygens (including phenoxy) is 1. The molecule has 82 valence electrons. The van der Waals surface area contributed by atoms with Crippen molar-refractivity contribution in [1.29, 1.82) is 0 Å². The highest BCUT2D eigenvalue weighted by Gasteiger charge is 2.30. The minimum absolute atomic E-state index is 0.320. The summed E-state index contributed by atoms with van der Waals surface area (Å²) in [5.74, 6) is 1.23. The van der Waals surface area contributed by atoms with Crippen LogP contribution >= 0.6 is 23.2 Å². The van der Waals surface area contributed by atoms with Gasteiger partial charge in [-0.15, -0.1) is 0 Å². The molecule has 1 aromatic rings. The van der Waals surface area contributed by atoms with Crippen LogP contribution in [-0.2, 0) is 0 Å². The number of methoxy groups -OCH3 is 1. The third kappa shape index (κ3) is 1.82. The van der Waals surface area contributed by atoms with Gasteiger partial charge in [-0.2, -0.15) is 0 Å². The average Bonchev–Trinajstić information content (AvgIpc) is 2.23. The first-order valence-electron chi connectivity index (χ1n) is 4.90.